The van der Waals surface area contributed by atoms with Gasteiger partial charge in [-0.3, -0.25) is 4.79 Å². The molecule has 2 rings (SSSR count). The lowest BCUT2D eigenvalue weighted by Crippen LogP contribution is -2.40. The summed E-state index contributed by atoms with van der Waals surface area (Å²) in [7, 11) is 2.07. The van der Waals surface area contributed by atoms with Gasteiger partial charge in [0.2, 0.25) is 5.91 Å². The van der Waals surface area contributed by atoms with Crippen molar-refractivity contribution in [2.75, 3.05) is 31.6 Å². The molecule has 0 bridgehead atoms. The standard InChI is InChI=1S/C18H29N3O.2ClH/c1-15(21(2)17-6-4-3-5-7-17)14-20-18(22)9-8-16-10-12-19-13-11-16;;/h3-7,15-16,19H,8-14H2,1-2H3,(H,20,22);2*1H. The van der Waals surface area contributed by atoms with Crippen LogP contribution in [0.25, 0.3) is 0 Å². The maximum absolute atomic E-state index is 12.0. The lowest BCUT2D eigenvalue weighted by atomic mass is 9.93. The number of carbonyl (C=O) groups excluding carboxylic acids is 1. The van der Waals surface area contributed by atoms with Crippen LogP contribution in [0.2, 0.25) is 0 Å². The molecule has 24 heavy (non-hydrogen) atoms. The van der Waals surface area contributed by atoms with Crippen LogP contribution in [-0.4, -0.2) is 38.6 Å². The summed E-state index contributed by atoms with van der Waals surface area (Å²) in [5.74, 6) is 0.906. The van der Waals surface area contributed by atoms with Crippen LogP contribution in [0.15, 0.2) is 30.3 Å². The van der Waals surface area contributed by atoms with Crippen molar-refractivity contribution in [2.24, 2.45) is 5.92 Å². The van der Waals surface area contributed by atoms with Crippen LogP contribution in [0, 0.1) is 5.92 Å². The minimum Gasteiger partial charge on any atom is -0.370 e. The summed E-state index contributed by atoms with van der Waals surface area (Å²) in [6.07, 6.45) is 4.10. The molecule has 1 amide bonds. The summed E-state index contributed by atoms with van der Waals surface area (Å²) in [6.45, 7) is 5.03. The zero-order valence-electron chi connectivity index (χ0n) is 14.7. The number of nitrogens with one attached hydrogen (secondary N) is 2. The van der Waals surface area contributed by atoms with Crippen LogP contribution in [0.4, 0.5) is 5.69 Å². The third kappa shape index (κ3) is 7.73. The Kier molecular flexibility index (Phi) is 11.9. The first-order valence-corrected chi connectivity index (χ1v) is 8.42. The fourth-order valence-electron chi connectivity index (χ4n) is 2.91. The molecular weight excluding hydrogens is 345 g/mol. The van der Waals surface area contributed by atoms with E-state index in [0.29, 0.717) is 13.0 Å². The van der Waals surface area contributed by atoms with Crippen LogP contribution in [0.1, 0.15) is 32.6 Å². The first-order chi connectivity index (χ1) is 10.7. The molecule has 1 fully saturated rings. The van der Waals surface area contributed by atoms with Crippen LogP contribution < -0.4 is 15.5 Å². The average Bonchev–Trinajstić information content (AvgIpc) is 2.58. The topological polar surface area (TPSA) is 44.4 Å². The van der Waals surface area contributed by atoms with Crippen molar-refractivity contribution >= 4 is 36.4 Å². The van der Waals surface area contributed by atoms with E-state index in [0.717, 1.165) is 25.4 Å². The molecule has 4 nitrogen and oxygen atoms in total. The molecule has 1 aliphatic heterocycles. The Morgan fingerprint density at radius 3 is 2.50 bits per heavy atom. The zero-order valence-corrected chi connectivity index (χ0v) is 16.3. The van der Waals surface area contributed by atoms with Crippen molar-refractivity contribution in [1.82, 2.24) is 10.6 Å². The van der Waals surface area contributed by atoms with Crippen molar-refractivity contribution in [1.29, 1.82) is 0 Å². The zero-order chi connectivity index (χ0) is 15.8. The van der Waals surface area contributed by atoms with E-state index in [1.165, 1.54) is 18.5 Å². The minimum atomic E-state index is 0. The maximum atomic E-state index is 12.0. The first-order valence-electron chi connectivity index (χ1n) is 8.42. The van der Waals surface area contributed by atoms with Crippen LogP contribution in [0.5, 0.6) is 0 Å². The highest BCUT2D eigenvalue weighted by Gasteiger charge is 2.15. The number of likely N-dealkylation sites (N-methyl/N-ethyl adjacent to an activating group) is 1. The van der Waals surface area contributed by atoms with E-state index in [4.69, 9.17) is 0 Å². The third-order valence-electron chi connectivity index (χ3n) is 4.66. The molecule has 0 aliphatic carbocycles. The maximum Gasteiger partial charge on any atom is 0.220 e. The lowest BCUT2D eigenvalue weighted by Gasteiger charge is -2.27. The number of benzene rings is 1. The van der Waals surface area contributed by atoms with Crippen LogP contribution in [0.3, 0.4) is 0 Å². The second-order valence-corrected chi connectivity index (χ2v) is 6.33. The number of piperidine rings is 1. The highest BCUT2D eigenvalue weighted by Crippen LogP contribution is 2.17. The molecule has 1 aliphatic rings. The largest absolute Gasteiger partial charge is 0.370 e. The van der Waals surface area contributed by atoms with Crippen molar-refractivity contribution < 1.29 is 4.79 Å². The van der Waals surface area contributed by atoms with Crippen molar-refractivity contribution in [3.05, 3.63) is 30.3 Å². The molecule has 1 atom stereocenters. The highest BCUT2D eigenvalue weighted by molar-refractivity contribution is 5.85. The Morgan fingerprint density at radius 2 is 1.88 bits per heavy atom. The average molecular weight is 376 g/mol. The van der Waals surface area contributed by atoms with Crippen LogP contribution in [-0.2, 0) is 4.79 Å². The number of carbonyl (C=O) groups is 1. The van der Waals surface area contributed by atoms with E-state index in [9.17, 15) is 4.79 Å². The number of rotatable bonds is 7. The Hall–Kier alpha value is -0.970. The van der Waals surface area contributed by atoms with Gasteiger partial charge in [0.15, 0.2) is 0 Å². The predicted octanol–water partition coefficient (Wildman–Crippen LogP) is 3.25. The fraction of sp³-hybridized carbons (Fsp3) is 0.611. The van der Waals surface area contributed by atoms with Gasteiger partial charge >= 0.3 is 0 Å². The number of halogens is 2. The predicted molar refractivity (Wildman–Crippen MR) is 107 cm³/mol. The van der Waals surface area contributed by atoms with Gasteiger partial charge in [0, 0.05) is 31.7 Å². The molecule has 1 aromatic rings. The second kappa shape index (κ2) is 12.4. The van der Waals surface area contributed by atoms with Crippen LogP contribution >= 0.6 is 24.8 Å². The number of para-hydroxylation sites is 1. The summed E-state index contributed by atoms with van der Waals surface area (Å²) in [5.41, 5.74) is 1.18. The molecular formula is C18H31Cl2N3O. The minimum absolute atomic E-state index is 0. The summed E-state index contributed by atoms with van der Waals surface area (Å²) in [6, 6.07) is 10.6. The van der Waals surface area contributed by atoms with Gasteiger partial charge in [-0.25, -0.2) is 0 Å². The third-order valence-corrected chi connectivity index (χ3v) is 4.66. The molecule has 0 aromatic heterocycles. The van der Waals surface area contributed by atoms with E-state index < -0.39 is 0 Å². The molecule has 2 N–H and O–H groups in total. The SMILES string of the molecule is CC(CNC(=O)CCC1CCNCC1)N(C)c1ccccc1.Cl.Cl. The van der Waals surface area contributed by atoms with Gasteiger partial charge in [-0.2, -0.15) is 0 Å². The van der Waals surface area contributed by atoms with E-state index >= 15 is 0 Å². The molecule has 0 saturated carbocycles. The normalized spacial score (nSPS) is 15.6. The molecule has 6 heteroatoms. The van der Waals surface area contributed by atoms with Crippen molar-refractivity contribution in [3.63, 3.8) is 0 Å². The Morgan fingerprint density at radius 1 is 1.25 bits per heavy atom. The Bertz CT molecular complexity index is 453. The molecule has 1 unspecified atom stereocenters. The van der Waals surface area contributed by atoms with E-state index in [2.05, 4.69) is 41.6 Å². The molecule has 1 aromatic carbocycles. The van der Waals surface area contributed by atoms with Gasteiger partial charge in [-0.05, 0) is 57.3 Å². The Balaban J connectivity index is 0.00000264. The van der Waals surface area contributed by atoms with Crippen molar-refractivity contribution in [2.45, 2.75) is 38.6 Å². The van der Waals surface area contributed by atoms with Gasteiger partial charge in [0.1, 0.15) is 0 Å². The van der Waals surface area contributed by atoms with E-state index in [1.54, 1.807) is 0 Å². The highest BCUT2D eigenvalue weighted by atomic mass is 35.5. The van der Waals surface area contributed by atoms with Crippen molar-refractivity contribution in [3.8, 4) is 0 Å². The molecule has 0 spiro atoms. The van der Waals surface area contributed by atoms with Gasteiger partial charge in [-0.15, -0.1) is 24.8 Å². The number of anilines is 1. The fourth-order valence-corrected chi connectivity index (χ4v) is 2.91. The summed E-state index contributed by atoms with van der Waals surface area (Å²) in [5, 5.41) is 6.44. The summed E-state index contributed by atoms with van der Waals surface area (Å²) < 4.78 is 0. The molecule has 138 valence electrons. The second-order valence-electron chi connectivity index (χ2n) is 6.33. The summed E-state index contributed by atoms with van der Waals surface area (Å²) in [4.78, 5) is 14.2. The molecule has 1 saturated heterocycles. The van der Waals surface area contributed by atoms with E-state index in [1.807, 2.05) is 18.2 Å². The first kappa shape index (κ1) is 23.0. The molecule has 1 heterocycles. The van der Waals surface area contributed by atoms with Gasteiger partial charge in [-0.1, -0.05) is 18.2 Å². The summed E-state index contributed by atoms with van der Waals surface area (Å²) >= 11 is 0. The quantitative estimate of drug-likeness (QED) is 0.768. The molecule has 0 radical (unpaired) electrons. The lowest BCUT2D eigenvalue weighted by molar-refractivity contribution is -0.121. The Labute approximate surface area is 158 Å². The smallest absolute Gasteiger partial charge is 0.220 e. The van der Waals surface area contributed by atoms with E-state index in [-0.39, 0.29) is 36.8 Å². The monoisotopic (exact) mass is 375 g/mol. The van der Waals surface area contributed by atoms with Gasteiger partial charge in [0.25, 0.3) is 0 Å². The van der Waals surface area contributed by atoms with Gasteiger partial charge in [0.05, 0.1) is 0 Å². The number of hydrogen-bond acceptors (Lipinski definition) is 3. The number of hydrogen-bond donors (Lipinski definition) is 2. The van der Waals surface area contributed by atoms with Gasteiger partial charge < -0.3 is 15.5 Å². The number of amides is 1. The number of nitrogens with zero attached hydrogens (tertiary/aromatic N) is 1.